The Morgan fingerprint density at radius 3 is 2.50 bits per heavy atom. The Morgan fingerprint density at radius 1 is 1.31 bits per heavy atom. The van der Waals surface area contributed by atoms with Crippen molar-refractivity contribution < 1.29 is 8.42 Å². The molecular formula is C12H25NO2S. The highest BCUT2D eigenvalue weighted by Crippen LogP contribution is 2.33. The van der Waals surface area contributed by atoms with Gasteiger partial charge in [-0.2, -0.15) is 0 Å². The van der Waals surface area contributed by atoms with Crippen molar-refractivity contribution >= 4 is 9.84 Å². The maximum Gasteiger partial charge on any atom is 0.147 e. The lowest BCUT2D eigenvalue weighted by Crippen LogP contribution is -2.34. The van der Waals surface area contributed by atoms with E-state index in [-0.39, 0.29) is 0 Å². The fourth-order valence-corrected chi connectivity index (χ4v) is 3.40. The van der Waals surface area contributed by atoms with Gasteiger partial charge in [0, 0.05) is 12.3 Å². The van der Waals surface area contributed by atoms with Gasteiger partial charge in [-0.15, -0.1) is 0 Å². The number of sulfone groups is 1. The van der Waals surface area contributed by atoms with Gasteiger partial charge in [0.15, 0.2) is 0 Å². The smallest absolute Gasteiger partial charge is 0.147 e. The van der Waals surface area contributed by atoms with E-state index in [1.165, 1.54) is 25.5 Å². The van der Waals surface area contributed by atoms with Crippen LogP contribution in [0.4, 0.5) is 0 Å². The Bertz CT molecular complexity index is 300. The molecule has 0 spiro atoms. The summed E-state index contributed by atoms with van der Waals surface area (Å²) in [6.45, 7) is 5.40. The molecule has 1 saturated carbocycles. The second-order valence-electron chi connectivity index (χ2n) is 5.15. The van der Waals surface area contributed by atoms with E-state index >= 15 is 0 Å². The first-order chi connectivity index (χ1) is 7.44. The molecule has 1 fully saturated rings. The molecule has 0 aromatic heterocycles. The number of nitrogens with one attached hydrogen (secondary N) is 1. The second-order valence-corrected chi connectivity index (χ2v) is 7.41. The van der Waals surface area contributed by atoms with Crippen molar-refractivity contribution in [2.75, 3.05) is 18.6 Å². The highest BCUT2D eigenvalue weighted by Gasteiger charge is 2.30. The van der Waals surface area contributed by atoms with E-state index in [0.717, 1.165) is 24.8 Å². The Labute approximate surface area is 99.9 Å². The van der Waals surface area contributed by atoms with Crippen LogP contribution in [-0.4, -0.2) is 33.0 Å². The topological polar surface area (TPSA) is 46.2 Å². The van der Waals surface area contributed by atoms with E-state index in [4.69, 9.17) is 0 Å². The molecule has 0 bridgehead atoms. The van der Waals surface area contributed by atoms with Crippen LogP contribution in [0.3, 0.4) is 0 Å². The molecule has 3 nitrogen and oxygen atoms in total. The normalized spacial score (nSPS) is 30.8. The van der Waals surface area contributed by atoms with Gasteiger partial charge in [-0.25, -0.2) is 8.42 Å². The van der Waals surface area contributed by atoms with E-state index in [1.54, 1.807) is 0 Å². The van der Waals surface area contributed by atoms with Crippen LogP contribution in [0.15, 0.2) is 0 Å². The number of hydrogen-bond donors (Lipinski definition) is 1. The van der Waals surface area contributed by atoms with Crippen molar-refractivity contribution in [1.29, 1.82) is 0 Å². The van der Waals surface area contributed by atoms with E-state index in [9.17, 15) is 8.42 Å². The summed E-state index contributed by atoms with van der Waals surface area (Å²) >= 11 is 0. The Morgan fingerprint density at radius 2 is 2.00 bits per heavy atom. The summed E-state index contributed by atoms with van der Waals surface area (Å²) in [4.78, 5) is 0. The van der Waals surface area contributed by atoms with Gasteiger partial charge in [-0.3, -0.25) is 0 Å². The minimum atomic E-state index is -2.79. The zero-order valence-electron chi connectivity index (χ0n) is 10.7. The average Bonchev–Trinajstić information content (AvgIpc) is 2.53. The first kappa shape index (κ1) is 14.0. The lowest BCUT2D eigenvalue weighted by molar-refractivity contribution is 0.346. The SMILES string of the molecule is CCC1CCC(NCCCS(C)(=O)=O)C1C. The van der Waals surface area contributed by atoms with Crippen LogP contribution < -0.4 is 5.32 Å². The van der Waals surface area contributed by atoms with Gasteiger partial charge in [0.25, 0.3) is 0 Å². The van der Waals surface area contributed by atoms with Crippen molar-refractivity contribution in [3.05, 3.63) is 0 Å². The molecule has 16 heavy (non-hydrogen) atoms. The summed E-state index contributed by atoms with van der Waals surface area (Å²) in [6.07, 6.45) is 5.87. The molecule has 0 radical (unpaired) electrons. The molecule has 4 heteroatoms. The van der Waals surface area contributed by atoms with E-state index in [1.807, 2.05) is 0 Å². The summed E-state index contributed by atoms with van der Waals surface area (Å²) in [6, 6.07) is 0.601. The summed E-state index contributed by atoms with van der Waals surface area (Å²) in [7, 11) is -2.79. The summed E-state index contributed by atoms with van der Waals surface area (Å²) in [5, 5.41) is 3.50. The van der Waals surface area contributed by atoms with Gasteiger partial charge in [-0.1, -0.05) is 20.3 Å². The Hall–Kier alpha value is -0.0900. The molecule has 0 aromatic rings. The third-order valence-corrected chi connectivity index (χ3v) is 4.88. The second kappa shape index (κ2) is 6.01. The van der Waals surface area contributed by atoms with Gasteiger partial charge >= 0.3 is 0 Å². The van der Waals surface area contributed by atoms with Crippen LogP contribution in [-0.2, 0) is 9.84 Å². The lowest BCUT2D eigenvalue weighted by atomic mass is 9.93. The zero-order chi connectivity index (χ0) is 12.2. The molecule has 0 amide bonds. The molecule has 0 aromatic carbocycles. The van der Waals surface area contributed by atoms with Gasteiger partial charge in [0.1, 0.15) is 9.84 Å². The molecular weight excluding hydrogens is 222 g/mol. The fourth-order valence-electron chi connectivity index (χ4n) is 2.73. The van der Waals surface area contributed by atoms with Crippen LogP contribution in [0, 0.1) is 11.8 Å². The van der Waals surface area contributed by atoms with Crippen molar-refractivity contribution in [3.8, 4) is 0 Å². The quantitative estimate of drug-likeness (QED) is 0.728. The third-order valence-electron chi connectivity index (χ3n) is 3.85. The average molecular weight is 247 g/mol. The maximum atomic E-state index is 11.0. The minimum Gasteiger partial charge on any atom is -0.314 e. The van der Waals surface area contributed by atoms with E-state index in [2.05, 4.69) is 19.2 Å². The standard InChI is InChI=1S/C12H25NO2S/c1-4-11-6-7-12(10(11)2)13-8-5-9-16(3,14)15/h10-13H,4-9H2,1-3H3. The van der Waals surface area contributed by atoms with Crippen molar-refractivity contribution in [2.45, 2.75) is 45.6 Å². The first-order valence-corrected chi connectivity index (χ1v) is 8.41. The van der Waals surface area contributed by atoms with Crippen molar-refractivity contribution in [3.63, 3.8) is 0 Å². The molecule has 96 valence electrons. The highest BCUT2D eigenvalue weighted by atomic mass is 32.2. The molecule has 0 aliphatic heterocycles. The zero-order valence-corrected chi connectivity index (χ0v) is 11.5. The number of rotatable bonds is 6. The Balaban J connectivity index is 2.19. The highest BCUT2D eigenvalue weighted by molar-refractivity contribution is 7.90. The molecule has 1 N–H and O–H groups in total. The van der Waals surface area contributed by atoms with E-state index in [0.29, 0.717) is 11.8 Å². The van der Waals surface area contributed by atoms with Gasteiger partial charge in [0.05, 0.1) is 5.75 Å². The van der Waals surface area contributed by atoms with Crippen LogP contribution in [0.25, 0.3) is 0 Å². The minimum absolute atomic E-state index is 0.304. The summed E-state index contributed by atoms with van der Waals surface area (Å²) in [5.41, 5.74) is 0. The Kier molecular flexibility index (Phi) is 5.25. The summed E-state index contributed by atoms with van der Waals surface area (Å²) in [5.74, 6) is 1.90. The van der Waals surface area contributed by atoms with Gasteiger partial charge in [0.2, 0.25) is 0 Å². The lowest BCUT2D eigenvalue weighted by Gasteiger charge is -2.20. The monoisotopic (exact) mass is 247 g/mol. The first-order valence-electron chi connectivity index (χ1n) is 6.35. The predicted octanol–water partition coefficient (Wildman–Crippen LogP) is 1.84. The molecule has 3 atom stereocenters. The number of hydrogen-bond acceptors (Lipinski definition) is 3. The predicted molar refractivity (Wildman–Crippen MR) is 68.3 cm³/mol. The van der Waals surface area contributed by atoms with Gasteiger partial charge in [-0.05, 0) is 37.6 Å². The molecule has 1 aliphatic carbocycles. The third kappa shape index (κ3) is 4.42. The van der Waals surface area contributed by atoms with E-state index < -0.39 is 9.84 Å². The summed E-state index contributed by atoms with van der Waals surface area (Å²) < 4.78 is 21.9. The van der Waals surface area contributed by atoms with Crippen molar-refractivity contribution in [2.24, 2.45) is 11.8 Å². The van der Waals surface area contributed by atoms with Crippen LogP contribution >= 0.6 is 0 Å². The van der Waals surface area contributed by atoms with Crippen LogP contribution in [0.5, 0.6) is 0 Å². The largest absolute Gasteiger partial charge is 0.314 e. The molecule has 1 rings (SSSR count). The molecule has 0 saturated heterocycles. The molecule has 1 aliphatic rings. The molecule has 0 heterocycles. The van der Waals surface area contributed by atoms with Crippen molar-refractivity contribution in [1.82, 2.24) is 5.32 Å². The van der Waals surface area contributed by atoms with Crippen LogP contribution in [0.2, 0.25) is 0 Å². The fraction of sp³-hybridized carbons (Fsp3) is 1.00. The molecule has 3 unspecified atom stereocenters. The van der Waals surface area contributed by atoms with Gasteiger partial charge < -0.3 is 5.32 Å². The maximum absolute atomic E-state index is 11.0. The van der Waals surface area contributed by atoms with Crippen LogP contribution in [0.1, 0.15) is 39.5 Å².